The van der Waals surface area contributed by atoms with Gasteiger partial charge in [0.1, 0.15) is 5.82 Å². The van der Waals surface area contributed by atoms with Gasteiger partial charge in [-0.05, 0) is 77.8 Å². The van der Waals surface area contributed by atoms with E-state index in [9.17, 15) is 4.39 Å². The summed E-state index contributed by atoms with van der Waals surface area (Å²) in [6.45, 7) is 2.27. The number of hydrogen-bond donors (Lipinski definition) is 0. The summed E-state index contributed by atoms with van der Waals surface area (Å²) in [6, 6.07) is 5.80. The van der Waals surface area contributed by atoms with Gasteiger partial charge in [-0.15, -0.1) is 0 Å². The molecule has 0 heterocycles. The van der Waals surface area contributed by atoms with E-state index >= 15 is 0 Å². The van der Waals surface area contributed by atoms with E-state index in [0.717, 1.165) is 9.49 Å². The van der Waals surface area contributed by atoms with Gasteiger partial charge >= 0.3 is 0 Å². The van der Waals surface area contributed by atoms with Crippen LogP contribution in [0.25, 0.3) is 0 Å². The van der Waals surface area contributed by atoms with Crippen LogP contribution in [0.5, 0.6) is 0 Å². The fourth-order valence-corrected chi connectivity index (χ4v) is 3.75. The lowest BCUT2D eigenvalue weighted by Gasteiger charge is -2.29. The van der Waals surface area contributed by atoms with Crippen molar-refractivity contribution in [2.24, 2.45) is 5.92 Å². The lowest BCUT2D eigenvalue weighted by Crippen LogP contribution is -2.13. The largest absolute Gasteiger partial charge is 0.206 e. The summed E-state index contributed by atoms with van der Waals surface area (Å²) in [5.74, 6) is 1.47. The molecule has 20 heavy (non-hydrogen) atoms. The highest BCUT2D eigenvalue weighted by Crippen LogP contribution is 2.38. The molecule has 0 aliphatic heterocycles. The predicted octanol–water partition coefficient (Wildman–Crippen LogP) is 6.67. The van der Waals surface area contributed by atoms with Crippen molar-refractivity contribution in [1.82, 2.24) is 0 Å². The van der Waals surface area contributed by atoms with E-state index in [1.807, 2.05) is 6.07 Å². The SMILES string of the molecule is CCCCCCC1CCC(c2ccc(I)c(F)c2)CC1. The molecule has 0 amide bonds. The van der Waals surface area contributed by atoms with Gasteiger partial charge in [-0.25, -0.2) is 4.39 Å². The third-order valence-electron chi connectivity index (χ3n) is 4.73. The smallest absolute Gasteiger partial charge is 0.136 e. The van der Waals surface area contributed by atoms with Crippen LogP contribution in [0.2, 0.25) is 0 Å². The van der Waals surface area contributed by atoms with Gasteiger partial charge in [0, 0.05) is 3.57 Å². The fraction of sp³-hybridized carbons (Fsp3) is 0.667. The van der Waals surface area contributed by atoms with E-state index in [1.54, 1.807) is 6.07 Å². The molecule has 0 bridgehead atoms. The molecule has 0 nitrogen and oxygen atoms in total. The molecule has 0 unspecified atom stereocenters. The zero-order chi connectivity index (χ0) is 14.4. The first-order valence-corrected chi connectivity index (χ1v) is 9.23. The maximum atomic E-state index is 13.6. The third-order valence-corrected chi connectivity index (χ3v) is 5.60. The molecule has 1 fully saturated rings. The van der Waals surface area contributed by atoms with E-state index in [1.165, 1.54) is 63.4 Å². The second-order valence-electron chi connectivity index (χ2n) is 6.24. The first-order chi connectivity index (χ1) is 9.70. The quantitative estimate of drug-likeness (QED) is 0.377. The van der Waals surface area contributed by atoms with Crippen molar-refractivity contribution in [3.05, 3.63) is 33.1 Å². The first kappa shape index (κ1) is 16.3. The van der Waals surface area contributed by atoms with Crippen LogP contribution in [0.15, 0.2) is 18.2 Å². The van der Waals surface area contributed by atoms with Crippen LogP contribution in [0, 0.1) is 15.3 Å². The fourth-order valence-electron chi connectivity index (χ4n) is 3.41. The zero-order valence-electron chi connectivity index (χ0n) is 12.5. The molecule has 1 aliphatic carbocycles. The Morgan fingerprint density at radius 2 is 1.85 bits per heavy atom. The van der Waals surface area contributed by atoms with Crippen LogP contribution in [0.3, 0.4) is 0 Å². The molecule has 112 valence electrons. The van der Waals surface area contributed by atoms with E-state index in [2.05, 4.69) is 35.6 Å². The van der Waals surface area contributed by atoms with Crippen molar-refractivity contribution in [2.75, 3.05) is 0 Å². The maximum Gasteiger partial charge on any atom is 0.136 e. The Bertz CT molecular complexity index is 408. The van der Waals surface area contributed by atoms with Gasteiger partial charge in [-0.1, -0.05) is 45.1 Å². The minimum absolute atomic E-state index is 0.0511. The summed E-state index contributed by atoms with van der Waals surface area (Å²) < 4.78 is 14.4. The molecule has 0 spiro atoms. The van der Waals surface area contributed by atoms with Gasteiger partial charge < -0.3 is 0 Å². The van der Waals surface area contributed by atoms with Crippen molar-refractivity contribution in [3.8, 4) is 0 Å². The average molecular weight is 388 g/mol. The molecule has 1 aromatic rings. The van der Waals surface area contributed by atoms with Gasteiger partial charge in [0.25, 0.3) is 0 Å². The molecule has 0 N–H and O–H groups in total. The van der Waals surface area contributed by atoms with Gasteiger partial charge in [0.15, 0.2) is 0 Å². The molecule has 2 rings (SSSR count). The predicted molar refractivity (Wildman–Crippen MR) is 92.6 cm³/mol. The Morgan fingerprint density at radius 3 is 2.50 bits per heavy atom. The highest BCUT2D eigenvalue weighted by atomic mass is 127. The molecule has 2 heteroatoms. The first-order valence-electron chi connectivity index (χ1n) is 8.15. The average Bonchev–Trinajstić information content (AvgIpc) is 2.47. The van der Waals surface area contributed by atoms with Gasteiger partial charge in [0.2, 0.25) is 0 Å². The molecule has 0 aromatic heterocycles. The number of unbranched alkanes of at least 4 members (excludes halogenated alkanes) is 3. The van der Waals surface area contributed by atoms with Gasteiger partial charge in [-0.2, -0.15) is 0 Å². The van der Waals surface area contributed by atoms with E-state index in [-0.39, 0.29) is 5.82 Å². The van der Waals surface area contributed by atoms with Crippen LogP contribution in [0.4, 0.5) is 4.39 Å². The zero-order valence-corrected chi connectivity index (χ0v) is 14.7. The van der Waals surface area contributed by atoms with Crippen molar-refractivity contribution in [1.29, 1.82) is 0 Å². The molecular formula is C18H26FI. The van der Waals surface area contributed by atoms with Gasteiger partial charge in [0.05, 0.1) is 0 Å². The number of hydrogen-bond acceptors (Lipinski definition) is 0. The van der Waals surface area contributed by atoms with Crippen LogP contribution < -0.4 is 0 Å². The van der Waals surface area contributed by atoms with Crippen molar-refractivity contribution < 1.29 is 4.39 Å². The van der Waals surface area contributed by atoms with E-state index in [0.29, 0.717) is 5.92 Å². The van der Waals surface area contributed by atoms with Gasteiger partial charge in [-0.3, -0.25) is 0 Å². The highest BCUT2D eigenvalue weighted by molar-refractivity contribution is 14.1. The van der Waals surface area contributed by atoms with Crippen molar-refractivity contribution >= 4 is 22.6 Å². The number of rotatable bonds is 6. The molecule has 1 aromatic carbocycles. The summed E-state index contributed by atoms with van der Waals surface area (Å²) in [7, 11) is 0. The molecule has 0 saturated heterocycles. The van der Waals surface area contributed by atoms with Crippen LogP contribution >= 0.6 is 22.6 Å². The number of halogens is 2. The minimum atomic E-state index is -0.0511. The topological polar surface area (TPSA) is 0 Å². The van der Waals surface area contributed by atoms with Crippen molar-refractivity contribution in [3.63, 3.8) is 0 Å². The molecule has 1 aliphatic rings. The molecule has 1 saturated carbocycles. The summed E-state index contributed by atoms with van der Waals surface area (Å²) in [4.78, 5) is 0. The standard InChI is InChI=1S/C18H26FI/c1-2-3-4-5-6-14-7-9-15(10-8-14)16-11-12-18(20)17(19)13-16/h11-15H,2-10H2,1H3. The monoisotopic (exact) mass is 388 g/mol. The second-order valence-corrected chi connectivity index (χ2v) is 7.40. The van der Waals surface area contributed by atoms with Crippen LogP contribution in [-0.2, 0) is 0 Å². The van der Waals surface area contributed by atoms with E-state index in [4.69, 9.17) is 0 Å². The lowest BCUT2D eigenvalue weighted by atomic mass is 9.77. The summed E-state index contributed by atoms with van der Waals surface area (Å²) >= 11 is 2.06. The van der Waals surface area contributed by atoms with Crippen LogP contribution in [-0.4, -0.2) is 0 Å². The Kier molecular flexibility index (Phi) is 6.79. The summed E-state index contributed by atoms with van der Waals surface area (Å²) in [6.07, 6.45) is 12.1. The lowest BCUT2D eigenvalue weighted by molar-refractivity contribution is 0.302. The molecule has 0 atom stereocenters. The Morgan fingerprint density at radius 1 is 1.10 bits per heavy atom. The third kappa shape index (κ3) is 4.71. The Balaban J connectivity index is 1.77. The minimum Gasteiger partial charge on any atom is -0.206 e. The number of benzene rings is 1. The highest BCUT2D eigenvalue weighted by Gasteiger charge is 2.22. The van der Waals surface area contributed by atoms with Crippen molar-refractivity contribution in [2.45, 2.75) is 70.6 Å². The second kappa shape index (κ2) is 8.35. The maximum absolute atomic E-state index is 13.6. The Labute approximate surface area is 136 Å². The summed E-state index contributed by atoms with van der Waals surface area (Å²) in [5.41, 5.74) is 1.22. The van der Waals surface area contributed by atoms with Crippen LogP contribution in [0.1, 0.15) is 76.2 Å². The molecule has 0 radical (unpaired) electrons. The normalized spacial score (nSPS) is 22.9. The molecular weight excluding hydrogens is 362 g/mol. The summed E-state index contributed by atoms with van der Waals surface area (Å²) in [5, 5.41) is 0. The Hall–Kier alpha value is -0.120. The van der Waals surface area contributed by atoms with E-state index < -0.39 is 0 Å².